The number of amides is 1. The van der Waals surface area contributed by atoms with Crippen molar-refractivity contribution in [1.82, 2.24) is 4.90 Å². The summed E-state index contributed by atoms with van der Waals surface area (Å²) in [6, 6.07) is 4.98. The minimum Gasteiger partial charge on any atom is -0.493 e. The van der Waals surface area contributed by atoms with Gasteiger partial charge >= 0.3 is 5.97 Å². The summed E-state index contributed by atoms with van der Waals surface area (Å²) >= 11 is 0. The molecular weight excluding hydrogens is 274 g/mol. The molecule has 1 aromatic carbocycles. The topological polar surface area (TPSA) is 76.1 Å². The van der Waals surface area contributed by atoms with Gasteiger partial charge in [-0.3, -0.25) is 4.79 Å². The number of carboxylic acid groups (broad SMARTS) is 1. The first-order valence-electron chi connectivity index (χ1n) is 7.01. The molecule has 0 spiro atoms. The lowest BCUT2D eigenvalue weighted by molar-refractivity contribution is -0.172. The molecular formula is C15H17NO5. The lowest BCUT2D eigenvalue weighted by atomic mass is 9.95. The van der Waals surface area contributed by atoms with E-state index in [4.69, 9.17) is 9.47 Å². The standard InChI is InChI=1S/C15H17NO5/c1-2-16-12(17)8-21-14(15(18)19)13(16)10-3-4-11-9(7-10)5-6-20-11/h3-4,7,13-14H,2,5-6,8H2,1H3,(H,18,19). The van der Waals surface area contributed by atoms with Gasteiger partial charge in [0, 0.05) is 13.0 Å². The van der Waals surface area contributed by atoms with E-state index in [0.29, 0.717) is 13.2 Å². The molecule has 3 rings (SSSR count). The van der Waals surface area contributed by atoms with Crippen molar-refractivity contribution in [1.29, 1.82) is 0 Å². The van der Waals surface area contributed by atoms with Crippen LogP contribution in [0.15, 0.2) is 18.2 Å². The molecule has 0 aromatic heterocycles. The Bertz CT molecular complexity index is 583. The molecule has 112 valence electrons. The van der Waals surface area contributed by atoms with Gasteiger partial charge in [0.15, 0.2) is 6.10 Å². The number of benzene rings is 1. The van der Waals surface area contributed by atoms with E-state index >= 15 is 0 Å². The zero-order chi connectivity index (χ0) is 15.0. The van der Waals surface area contributed by atoms with Gasteiger partial charge in [-0.2, -0.15) is 0 Å². The molecule has 1 amide bonds. The highest BCUT2D eigenvalue weighted by molar-refractivity contribution is 5.83. The number of hydrogen-bond donors (Lipinski definition) is 1. The lowest BCUT2D eigenvalue weighted by Gasteiger charge is -2.39. The fourth-order valence-electron chi connectivity index (χ4n) is 2.98. The highest BCUT2D eigenvalue weighted by atomic mass is 16.5. The number of carbonyl (C=O) groups excluding carboxylic acids is 1. The molecule has 0 bridgehead atoms. The van der Waals surface area contributed by atoms with Gasteiger partial charge in [-0.05, 0) is 30.2 Å². The second-order valence-corrected chi connectivity index (χ2v) is 5.16. The summed E-state index contributed by atoms with van der Waals surface area (Å²) in [5.41, 5.74) is 1.83. The smallest absolute Gasteiger partial charge is 0.335 e. The Balaban J connectivity index is 2.01. The summed E-state index contributed by atoms with van der Waals surface area (Å²) in [6.45, 7) is 2.74. The van der Waals surface area contributed by atoms with E-state index in [1.807, 2.05) is 25.1 Å². The van der Waals surface area contributed by atoms with Crippen LogP contribution in [-0.4, -0.2) is 47.7 Å². The second kappa shape index (κ2) is 5.37. The number of likely N-dealkylation sites (N-methyl/N-ethyl adjacent to an activating group) is 1. The highest BCUT2D eigenvalue weighted by Crippen LogP contribution is 2.34. The van der Waals surface area contributed by atoms with Crippen molar-refractivity contribution in [2.75, 3.05) is 19.8 Å². The van der Waals surface area contributed by atoms with E-state index in [1.54, 1.807) is 4.90 Å². The number of nitrogens with zero attached hydrogens (tertiary/aromatic N) is 1. The number of ether oxygens (including phenoxy) is 2. The van der Waals surface area contributed by atoms with Crippen molar-refractivity contribution in [3.8, 4) is 5.75 Å². The highest BCUT2D eigenvalue weighted by Gasteiger charge is 2.41. The third-order valence-electron chi connectivity index (χ3n) is 3.97. The van der Waals surface area contributed by atoms with Crippen molar-refractivity contribution in [3.05, 3.63) is 29.3 Å². The molecule has 1 aromatic rings. The summed E-state index contributed by atoms with van der Waals surface area (Å²) in [4.78, 5) is 25.0. The van der Waals surface area contributed by atoms with E-state index < -0.39 is 18.1 Å². The average molecular weight is 291 g/mol. The minimum absolute atomic E-state index is 0.184. The molecule has 0 aliphatic carbocycles. The van der Waals surface area contributed by atoms with Crippen LogP contribution in [0.3, 0.4) is 0 Å². The molecule has 2 unspecified atom stereocenters. The molecule has 2 aliphatic rings. The molecule has 6 heteroatoms. The molecule has 2 aliphatic heterocycles. The van der Waals surface area contributed by atoms with Gasteiger partial charge in [-0.1, -0.05) is 6.07 Å². The normalized spacial score (nSPS) is 24.6. The molecule has 6 nitrogen and oxygen atoms in total. The van der Waals surface area contributed by atoms with Crippen molar-refractivity contribution in [2.24, 2.45) is 0 Å². The Morgan fingerprint density at radius 1 is 1.48 bits per heavy atom. The van der Waals surface area contributed by atoms with Gasteiger partial charge in [-0.15, -0.1) is 0 Å². The third kappa shape index (κ3) is 2.35. The largest absolute Gasteiger partial charge is 0.493 e. The Labute approximate surface area is 122 Å². The summed E-state index contributed by atoms with van der Waals surface area (Å²) in [5.74, 6) is -0.406. The van der Waals surface area contributed by atoms with Crippen molar-refractivity contribution < 1.29 is 24.2 Å². The van der Waals surface area contributed by atoms with Gasteiger partial charge in [-0.25, -0.2) is 4.79 Å². The Hall–Kier alpha value is -2.08. The van der Waals surface area contributed by atoms with Gasteiger partial charge < -0.3 is 19.5 Å². The molecule has 1 fully saturated rings. The number of carboxylic acids is 1. The van der Waals surface area contributed by atoms with Crippen LogP contribution in [0.2, 0.25) is 0 Å². The summed E-state index contributed by atoms with van der Waals surface area (Å²) in [7, 11) is 0. The summed E-state index contributed by atoms with van der Waals surface area (Å²) < 4.78 is 10.7. The van der Waals surface area contributed by atoms with E-state index in [9.17, 15) is 14.7 Å². The van der Waals surface area contributed by atoms with E-state index in [0.717, 1.165) is 23.3 Å². The fourth-order valence-corrected chi connectivity index (χ4v) is 2.98. The van der Waals surface area contributed by atoms with E-state index in [1.165, 1.54) is 0 Å². The van der Waals surface area contributed by atoms with Crippen LogP contribution in [0, 0.1) is 0 Å². The molecule has 0 saturated carbocycles. The quantitative estimate of drug-likeness (QED) is 0.899. The predicted molar refractivity (Wildman–Crippen MR) is 73.1 cm³/mol. The van der Waals surface area contributed by atoms with Gasteiger partial charge in [0.2, 0.25) is 5.91 Å². The van der Waals surface area contributed by atoms with Crippen molar-refractivity contribution >= 4 is 11.9 Å². The third-order valence-corrected chi connectivity index (χ3v) is 3.97. The number of rotatable bonds is 3. The van der Waals surface area contributed by atoms with Crippen LogP contribution in [0.4, 0.5) is 0 Å². The molecule has 1 N–H and O–H groups in total. The maximum absolute atomic E-state index is 12.0. The summed E-state index contributed by atoms with van der Waals surface area (Å²) in [6.07, 6.45) is -0.239. The van der Waals surface area contributed by atoms with Crippen molar-refractivity contribution in [2.45, 2.75) is 25.5 Å². The van der Waals surface area contributed by atoms with E-state index in [-0.39, 0.29) is 12.5 Å². The Kier molecular flexibility index (Phi) is 3.55. The number of fused-ring (bicyclic) bond motifs is 1. The van der Waals surface area contributed by atoms with Crippen LogP contribution in [-0.2, 0) is 20.7 Å². The Morgan fingerprint density at radius 2 is 2.29 bits per heavy atom. The van der Waals surface area contributed by atoms with E-state index in [2.05, 4.69) is 0 Å². The molecule has 21 heavy (non-hydrogen) atoms. The summed E-state index contributed by atoms with van der Waals surface area (Å²) in [5, 5.41) is 9.38. The van der Waals surface area contributed by atoms with Crippen LogP contribution >= 0.6 is 0 Å². The molecule has 2 heterocycles. The number of hydrogen-bond acceptors (Lipinski definition) is 4. The van der Waals surface area contributed by atoms with Crippen molar-refractivity contribution in [3.63, 3.8) is 0 Å². The van der Waals surface area contributed by atoms with Gasteiger partial charge in [0.05, 0.1) is 12.6 Å². The van der Waals surface area contributed by atoms with Gasteiger partial charge in [0.1, 0.15) is 12.4 Å². The van der Waals surface area contributed by atoms with Crippen LogP contribution in [0.5, 0.6) is 5.75 Å². The molecule has 2 atom stereocenters. The van der Waals surface area contributed by atoms with Crippen LogP contribution in [0.1, 0.15) is 24.1 Å². The second-order valence-electron chi connectivity index (χ2n) is 5.16. The van der Waals surface area contributed by atoms with Crippen LogP contribution in [0.25, 0.3) is 0 Å². The van der Waals surface area contributed by atoms with Crippen LogP contribution < -0.4 is 4.74 Å². The maximum atomic E-state index is 12.0. The zero-order valence-electron chi connectivity index (χ0n) is 11.7. The average Bonchev–Trinajstić information content (AvgIpc) is 2.93. The maximum Gasteiger partial charge on any atom is 0.335 e. The monoisotopic (exact) mass is 291 g/mol. The lowest BCUT2D eigenvalue weighted by Crippen LogP contribution is -2.51. The number of morpholine rings is 1. The first-order valence-corrected chi connectivity index (χ1v) is 7.01. The Morgan fingerprint density at radius 3 is 3.00 bits per heavy atom. The fraction of sp³-hybridized carbons (Fsp3) is 0.467. The zero-order valence-corrected chi connectivity index (χ0v) is 11.7. The minimum atomic E-state index is -1.05. The molecule has 0 radical (unpaired) electrons. The number of aliphatic carboxylic acids is 1. The molecule has 1 saturated heterocycles. The first kappa shape index (κ1) is 13.9. The number of carbonyl (C=O) groups is 2. The first-order chi connectivity index (χ1) is 10.1. The SMILES string of the molecule is CCN1C(=O)COC(C(=O)O)C1c1ccc2c(c1)CCO2. The predicted octanol–water partition coefficient (Wildman–Crippen LogP) is 0.994. The van der Waals surface area contributed by atoms with Gasteiger partial charge in [0.25, 0.3) is 0 Å².